The lowest BCUT2D eigenvalue weighted by atomic mass is 10.1. The molecule has 0 unspecified atom stereocenters. The number of hydrogen-bond donors (Lipinski definition) is 1. The highest BCUT2D eigenvalue weighted by Crippen LogP contribution is 2.31. The Morgan fingerprint density at radius 2 is 1.93 bits per heavy atom. The van der Waals surface area contributed by atoms with Crippen molar-refractivity contribution in [1.82, 2.24) is 19.7 Å². The number of hydrogen-bond acceptors (Lipinski definition) is 3. The lowest BCUT2D eigenvalue weighted by Gasteiger charge is -2.13. The molecule has 0 fully saturated rings. The number of aryl methyl sites for hydroxylation is 2. The number of carbonyl (C=O) groups excluding carboxylic acids is 1. The van der Waals surface area contributed by atoms with E-state index in [1.807, 2.05) is 0 Å². The smallest absolute Gasteiger partial charge is 0.350 e. The van der Waals surface area contributed by atoms with Crippen LogP contribution >= 0.6 is 0 Å². The summed E-state index contributed by atoms with van der Waals surface area (Å²) in [4.78, 5) is 24.7. The van der Waals surface area contributed by atoms with Crippen LogP contribution in [0.5, 0.6) is 0 Å². The van der Waals surface area contributed by atoms with Crippen LogP contribution in [0.15, 0.2) is 41.3 Å². The quantitative estimate of drug-likeness (QED) is 0.758. The maximum absolute atomic E-state index is 13.0. The van der Waals surface area contributed by atoms with Crippen molar-refractivity contribution in [2.24, 2.45) is 7.05 Å². The van der Waals surface area contributed by atoms with Crippen LogP contribution in [0.1, 0.15) is 16.8 Å². The number of amides is 1. The number of halogens is 3. The Morgan fingerprint density at radius 3 is 2.63 bits per heavy atom. The van der Waals surface area contributed by atoms with Gasteiger partial charge in [-0.15, -0.1) is 0 Å². The monoisotopic (exact) mass is 378 g/mol. The molecule has 1 N–H and O–H groups in total. The van der Waals surface area contributed by atoms with Gasteiger partial charge in [-0.2, -0.15) is 18.3 Å². The number of carbonyl (C=O) groups is 1. The van der Waals surface area contributed by atoms with E-state index in [1.165, 1.54) is 33.6 Å². The molecule has 0 saturated heterocycles. The number of alkyl halides is 3. The summed E-state index contributed by atoms with van der Waals surface area (Å²) in [5.41, 5.74) is -0.158. The van der Waals surface area contributed by atoms with Crippen LogP contribution in [0.2, 0.25) is 0 Å². The molecule has 0 spiro atoms. The van der Waals surface area contributed by atoms with Crippen LogP contribution in [0.3, 0.4) is 0 Å². The molecule has 142 valence electrons. The Kier molecular flexibility index (Phi) is 4.77. The second-order valence-electron chi connectivity index (χ2n) is 6.15. The van der Waals surface area contributed by atoms with E-state index in [4.69, 9.17) is 0 Å². The highest BCUT2D eigenvalue weighted by molar-refractivity contribution is 5.81. The molecule has 0 aliphatic heterocycles. The highest BCUT2D eigenvalue weighted by Gasteiger charge is 2.32. The van der Waals surface area contributed by atoms with Gasteiger partial charge in [0.2, 0.25) is 5.91 Å². The number of fused-ring (bicyclic) bond motifs is 1. The molecule has 0 aliphatic carbocycles. The van der Waals surface area contributed by atoms with Crippen LogP contribution in [0.4, 0.5) is 13.2 Å². The molecule has 9 heteroatoms. The second-order valence-corrected chi connectivity index (χ2v) is 6.15. The number of rotatable bonds is 4. The standard InChI is InChI=1S/C18H17F3N4O2/c1-11-13-7-8-25(17(27)16(13)24(2)23-11)10-15(26)22-9-12-5-3-4-6-14(12)18(19,20)21/h3-8H,9-10H2,1-2H3,(H,22,26). The molecular formula is C18H17F3N4O2. The van der Waals surface area contributed by atoms with E-state index in [-0.39, 0.29) is 24.2 Å². The molecule has 0 radical (unpaired) electrons. The third-order valence-corrected chi connectivity index (χ3v) is 4.27. The Hall–Kier alpha value is -3.10. The highest BCUT2D eigenvalue weighted by atomic mass is 19.4. The predicted octanol–water partition coefficient (Wildman–Crippen LogP) is 2.38. The van der Waals surface area contributed by atoms with Gasteiger partial charge in [0.1, 0.15) is 12.1 Å². The number of nitrogens with zero attached hydrogens (tertiary/aromatic N) is 3. The van der Waals surface area contributed by atoms with Crippen molar-refractivity contribution in [3.05, 3.63) is 63.7 Å². The molecule has 2 heterocycles. The summed E-state index contributed by atoms with van der Waals surface area (Å²) in [6, 6.07) is 6.72. The zero-order valence-corrected chi connectivity index (χ0v) is 14.7. The van der Waals surface area contributed by atoms with Crippen molar-refractivity contribution in [1.29, 1.82) is 0 Å². The summed E-state index contributed by atoms with van der Waals surface area (Å²) in [7, 11) is 1.63. The van der Waals surface area contributed by atoms with Crippen molar-refractivity contribution < 1.29 is 18.0 Å². The molecule has 0 atom stereocenters. The zero-order valence-electron chi connectivity index (χ0n) is 14.7. The summed E-state index contributed by atoms with van der Waals surface area (Å²) < 4.78 is 41.6. The van der Waals surface area contributed by atoms with Gasteiger partial charge in [0.15, 0.2) is 0 Å². The Morgan fingerprint density at radius 1 is 1.22 bits per heavy atom. The topological polar surface area (TPSA) is 68.9 Å². The van der Waals surface area contributed by atoms with E-state index in [0.29, 0.717) is 16.6 Å². The molecule has 3 rings (SSSR count). The first kappa shape index (κ1) is 18.7. The van der Waals surface area contributed by atoms with Crippen LogP contribution in [-0.4, -0.2) is 20.3 Å². The van der Waals surface area contributed by atoms with E-state index in [9.17, 15) is 22.8 Å². The van der Waals surface area contributed by atoms with Crippen LogP contribution < -0.4 is 10.9 Å². The molecule has 6 nitrogen and oxygen atoms in total. The molecule has 0 saturated carbocycles. The third-order valence-electron chi connectivity index (χ3n) is 4.27. The lowest BCUT2D eigenvalue weighted by molar-refractivity contribution is -0.138. The maximum Gasteiger partial charge on any atom is 0.416 e. The van der Waals surface area contributed by atoms with Crippen molar-refractivity contribution in [3.63, 3.8) is 0 Å². The van der Waals surface area contributed by atoms with Gasteiger partial charge in [-0.25, -0.2) is 0 Å². The number of nitrogens with one attached hydrogen (secondary N) is 1. The maximum atomic E-state index is 13.0. The van der Waals surface area contributed by atoms with Gasteiger partial charge in [-0.05, 0) is 24.6 Å². The van der Waals surface area contributed by atoms with E-state index in [2.05, 4.69) is 10.4 Å². The average Bonchev–Trinajstić information content (AvgIpc) is 2.89. The molecule has 27 heavy (non-hydrogen) atoms. The molecule has 1 aromatic carbocycles. The minimum absolute atomic E-state index is 0.0385. The van der Waals surface area contributed by atoms with Crippen molar-refractivity contribution in [3.8, 4) is 0 Å². The Balaban J connectivity index is 1.76. The fraction of sp³-hybridized carbons (Fsp3) is 0.278. The molecule has 0 bridgehead atoms. The fourth-order valence-electron chi connectivity index (χ4n) is 2.98. The van der Waals surface area contributed by atoms with Crippen LogP contribution in [-0.2, 0) is 31.1 Å². The SMILES string of the molecule is Cc1nn(C)c2c(=O)n(CC(=O)NCc3ccccc3C(F)(F)F)ccc12. The van der Waals surface area contributed by atoms with Gasteiger partial charge in [0.25, 0.3) is 5.56 Å². The summed E-state index contributed by atoms with van der Waals surface area (Å²) in [6.45, 7) is 1.19. The van der Waals surface area contributed by atoms with Crippen LogP contribution in [0, 0.1) is 6.92 Å². The molecule has 3 aromatic rings. The van der Waals surface area contributed by atoms with E-state index in [0.717, 1.165) is 6.07 Å². The number of benzene rings is 1. The van der Waals surface area contributed by atoms with Crippen molar-refractivity contribution in [2.45, 2.75) is 26.2 Å². The second kappa shape index (κ2) is 6.90. The molecule has 2 aromatic heterocycles. The first-order chi connectivity index (χ1) is 12.7. The largest absolute Gasteiger partial charge is 0.416 e. The molecular weight excluding hydrogens is 361 g/mol. The van der Waals surface area contributed by atoms with Crippen molar-refractivity contribution in [2.75, 3.05) is 0 Å². The Labute approximate surface area is 152 Å². The van der Waals surface area contributed by atoms with E-state index in [1.54, 1.807) is 20.0 Å². The normalized spacial score (nSPS) is 11.7. The van der Waals surface area contributed by atoms with Gasteiger partial charge in [0.05, 0.1) is 11.3 Å². The van der Waals surface area contributed by atoms with E-state index < -0.39 is 17.6 Å². The predicted molar refractivity (Wildman–Crippen MR) is 93.0 cm³/mol. The van der Waals surface area contributed by atoms with Gasteiger partial charge >= 0.3 is 6.18 Å². The minimum Gasteiger partial charge on any atom is -0.350 e. The summed E-state index contributed by atoms with van der Waals surface area (Å²) >= 11 is 0. The summed E-state index contributed by atoms with van der Waals surface area (Å²) in [5.74, 6) is -0.563. The van der Waals surface area contributed by atoms with Gasteiger partial charge in [-0.3, -0.25) is 14.3 Å². The zero-order chi connectivity index (χ0) is 19.8. The van der Waals surface area contributed by atoms with Gasteiger partial charge < -0.3 is 9.88 Å². The van der Waals surface area contributed by atoms with Crippen LogP contribution in [0.25, 0.3) is 10.9 Å². The summed E-state index contributed by atoms with van der Waals surface area (Å²) in [6.07, 6.45) is -3.02. The summed E-state index contributed by atoms with van der Waals surface area (Å²) in [5, 5.41) is 7.30. The lowest BCUT2D eigenvalue weighted by Crippen LogP contribution is -2.32. The first-order valence-electron chi connectivity index (χ1n) is 8.13. The average molecular weight is 378 g/mol. The first-order valence-corrected chi connectivity index (χ1v) is 8.13. The van der Waals surface area contributed by atoms with E-state index >= 15 is 0 Å². The minimum atomic E-state index is -4.50. The Bertz CT molecular complexity index is 1070. The third kappa shape index (κ3) is 3.71. The van der Waals surface area contributed by atoms with Gasteiger partial charge in [-0.1, -0.05) is 18.2 Å². The molecule has 1 amide bonds. The fourth-order valence-corrected chi connectivity index (χ4v) is 2.98. The molecule has 0 aliphatic rings. The number of aromatic nitrogens is 3. The number of pyridine rings is 1. The van der Waals surface area contributed by atoms with Gasteiger partial charge in [0, 0.05) is 25.2 Å². The van der Waals surface area contributed by atoms with Crippen molar-refractivity contribution >= 4 is 16.8 Å².